The highest BCUT2D eigenvalue weighted by atomic mass is 79.9. The molecule has 0 saturated carbocycles. The molecule has 0 aromatic heterocycles. The first-order valence-corrected chi connectivity index (χ1v) is 3.87. The molecule has 0 aromatic rings. The van der Waals surface area contributed by atoms with Gasteiger partial charge in [-0.1, -0.05) is 22.9 Å². The average Bonchev–Trinajstić information content (AvgIpc) is 1.67. The first-order chi connectivity index (χ1) is 3.68. The molecule has 0 aliphatic carbocycles. The van der Waals surface area contributed by atoms with Crippen molar-refractivity contribution in [2.45, 2.75) is 20.3 Å². The summed E-state index contributed by atoms with van der Waals surface area (Å²) < 4.78 is 0. The van der Waals surface area contributed by atoms with Crippen molar-refractivity contribution in [3.63, 3.8) is 0 Å². The predicted octanol–water partition coefficient (Wildman–Crippen LogP) is 2.00. The quantitative estimate of drug-likeness (QED) is 0.605. The summed E-state index contributed by atoms with van der Waals surface area (Å²) in [5.41, 5.74) is 0. The minimum Gasteiger partial charge on any atom is -0.300 e. The highest BCUT2D eigenvalue weighted by Gasteiger charge is 2.04. The maximum atomic E-state index is 10.5. The van der Waals surface area contributed by atoms with Crippen LogP contribution >= 0.6 is 15.9 Å². The minimum atomic E-state index is 0.231. The Bertz CT molecular complexity index is 80.6. The summed E-state index contributed by atoms with van der Waals surface area (Å²) >= 11 is 3.27. The third-order valence-corrected chi connectivity index (χ3v) is 1.69. The van der Waals surface area contributed by atoms with Crippen molar-refractivity contribution in [1.82, 2.24) is 0 Å². The zero-order chi connectivity index (χ0) is 6.57. The molecule has 2 heteroatoms. The van der Waals surface area contributed by atoms with Crippen molar-refractivity contribution < 1.29 is 4.79 Å². The first-order valence-electron chi connectivity index (χ1n) is 2.75. The molecule has 0 N–H and O–H groups in total. The Hall–Kier alpha value is 0.150. The van der Waals surface area contributed by atoms with E-state index in [1.54, 1.807) is 6.92 Å². The second kappa shape index (κ2) is 4.07. The highest BCUT2D eigenvalue weighted by molar-refractivity contribution is 9.09. The number of carbonyl (C=O) groups is 1. The van der Waals surface area contributed by atoms with E-state index in [1.807, 2.05) is 6.92 Å². The molecule has 0 bridgehead atoms. The van der Waals surface area contributed by atoms with Gasteiger partial charge in [-0.2, -0.15) is 0 Å². The third kappa shape index (κ3) is 3.19. The van der Waals surface area contributed by atoms with Gasteiger partial charge in [0.2, 0.25) is 0 Å². The van der Waals surface area contributed by atoms with Gasteiger partial charge < -0.3 is 0 Å². The van der Waals surface area contributed by atoms with E-state index in [4.69, 9.17) is 0 Å². The summed E-state index contributed by atoms with van der Waals surface area (Å²) in [6, 6.07) is 0. The zero-order valence-electron chi connectivity index (χ0n) is 5.28. The monoisotopic (exact) mass is 178 g/mol. The van der Waals surface area contributed by atoms with Gasteiger partial charge >= 0.3 is 0 Å². The van der Waals surface area contributed by atoms with Crippen LogP contribution in [-0.4, -0.2) is 11.1 Å². The molecule has 0 unspecified atom stereocenters. The van der Waals surface area contributed by atoms with E-state index in [0.29, 0.717) is 0 Å². The molecule has 48 valence electrons. The molecule has 8 heavy (non-hydrogen) atoms. The van der Waals surface area contributed by atoms with E-state index in [0.717, 1.165) is 11.8 Å². The van der Waals surface area contributed by atoms with Crippen LogP contribution in [0.15, 0.2) is 0 Å². The lowest BCUT2D eigenvalue weighted by atomic mass is 10.1. The summed E-state index contributed by atoms with van der Waals surface area (Å²) in [6.07, 6.45) is 0.954. The van der Waals surface area contributed by atoms with Crippen molar-refractivity contribution >= 4 is 21.7 Å². The molecule has 0 fully saturated rings. The topological polar surface area (TPSA) is 17.1 Å². The van der Waals surface area contributed by atoms with Crippen molar-refractivity contribution in [3.05, 3.63) is 0 Å². The van der Waals surface area contributed by atoms with Gasteiger partial charge in [-0.05, 0) is 13.3 Å². The first kappa shape index (κ1) is 8.15. The highest BCUT2D eigenvalue weighted by Crippen LogP contribution is 2.03. The largest absolute Gasteiger partial charge is 0.300 e. The summed E-state index contributed by atoms with van der Waals surface area (Å²) in [5, 5.41) is 0.924. The number of ketones is 1. The van der Waals surface area contributed by atoms with Gasteiger partial charge in [-0.25, -0.2) is 0 Å². The Morgan fingerprint density at radius 2 is 2.25 bits per heavy atom. The Balaban J connectivity index is 3.32. The van der Waals surface area contributed by atoms with Crippen molar-refractivity contribution in [1.29, 1.82) is 0 Å². The molecule has 0 amide bonds. The SMILES string of the molecule is CC(=O)[C@@H](C)CCBr. The summed E-state index contributed by atoms with van der Waals surface area (Å²) in [5.74, 6) is 0.513. The fourth-order valence-electron chi connectivity index (χ4n) is 0.367. The molecule has 1 nitrogen and oxygen atoms in total. The van der Waals surface area contributed by atoms with Crippen LogP contribution in [0.1, 0.15) is 20.3 Å². The van der Waals surface area contributed by atoms with Gasteiger partial charge in [-0.15, -0.1) is 0 Å². The van der Waals surface area contributed by atoms with Crippen LogP contribution < -0.4 is 0 Å². The fraction of sp³-hybridized carbons (Fsp3) is 0.833. The maximum Gasteiger partial charge on any atom is 0.132 e. The van der Waals surface area contributed by atoms with Crippen LogP contribution in [0.25, 0.3) is 0 Å². The molecule has 0 radical (unpaired) electrons. The minimum absolute atomic E-state index is 0.231. The van der Waals surface area contributed by atoms with Crippen molar-refractivity contribution in [2.24, 2.45) is 5.92 Å². The molecule has 0 aromatic carbocycles. The van der Waals surface area contributed by atoms with Crippen LogP contribution in [0.5, 0.6) is 0 Å². The molecule has 0 aliphatic heterocycles. The third-order valence-electron chi connectivity index (χ3n) is 1.24. The molecule has 1 atom stereocenters. The Labute approximate surface area is 58.6 Å². The smallest absolute Gasteiger partial charge is 0.132 e. The van der Waals surface area contributed by atoms with E-state index < -0.39 is 0 Å². The van der Waals surface area contributed by atoms with Gasteiger partial charge in [0.15, 0.2) is 0 Å². The number of halogens is 1. The van der Waals surface area contributed by atoms with Crippen LogP contribution in [0, 0.1) is 5.92 Å². The molecule has 0 rings (SSSR count). The van der Waals surface area contributed by atoms with E-state index in [1.165, 1.54) is 0 Å². The number of hydrogen-bond acceptors (Lipinski definition) is 1. The molecule has 0 heterocycles. The molecule has 0 saturated heterocycles. The van der Waals surface area contributed by atoms with Crippen LogP contribution in [-0.2, 0) is 4.79 Å². The molecular weight excluding hydrogens is 168 g/mol. The number of Topliss-reactive ketones (excluding diaryl/α,β-unsaturated/α-hetero) is 1. The standard InChI is InChI=1S/C6H11BrO/c1-5(3-4-7)6(2)8/h5H,3-4H2,1-2H3/t5-/m0/s1. The summed E-state index contributed by atoms with van der Waals surface area (Å²) in [4.78, 5) is 10.5. The Morgan fingerprint density at radius 1 is 1.75 bits per heavy atom. The van der Waals surface area contributed by atoms with E-state index in [-0.39, 0.29) is 11.7 Å². The van der Waals surface area contributed by atoms with Gasteiger partial charge in [0.25, 0.3) is 0 Å². The van der Waals surface area contributed by atoms with Crippen LogP contribution in [0.2, 0.25) is 0 Å². The number of hydrogen-bond donors (Lipinski definition) is 0. The number of rotatable bonds is 3. The van der Waals surface area contributed by atoms with E-state index in [2.05, 4.69) is 15.9 Å². The van der Waals surface area contributed by atoms with Gasteiger partial charge in [-0.3, -0.25) is 4.79 Å². The lowest BCUT2D eigenvalue weighted by Gasteiger charge is -2.01. The predicted molar refractivity (Wildman–Crippen MR) is 38.3 cm³/mol. The summed E-state index contributed by atoms with van der Waals surface area (Å²) in [6.45, 7) is 3.58. The average molecular weight is 179 g/mol. The Kier molecular flexibility index (Phi) is 4.15. The lowest BCUT2D eigenvalue weighted by Crippen LogP contribution is -2.05. The second-order valence-electron chi connectivity index (χ2n) is 1.99. The molecule has 0 aliphatic rings. The van der Waals surface area contributed by atoms with E-state index in [9.17, 15) is 4.79 Å². The van der Waals surface area contributed by atoms with Gasteiger partial charge in [0.1, 0.15) is 5.78 Å². The van der Waals surface area contributed by atoms with E-state index >= 15 is 0 Å². The maximum absolute atomic E-state index is 10.5. The Morgan fingerprint density at radius 3 is 2.38 bits per heavy atom. The summed E-state index contributed by atoms with van der Waals surface area (Å²) in [7, 11) is 0. The van der Waals surface area contributed by atoms with Crippen LogP contribution in [0.4, 0.5) is 0 Å². The zero-order valence-corrected chi connectivity index (χ0v) is 6.86. The lowest BCUT2D eigenvalue weighted by molar-refractivity contribution is -0.120. The molecular formula is C6H11BrO. The van der Waals surface area contributed by atoms with Gasteiger partial charge in [0, 0.05) is 11.2 Å². The van der Waals surface area contributed by atoms with Crippen LogP contribution in [0.3, 0.4) is 0 Å². The van der Waals surface area contributed by atoms with Crippen molar-refractivity contribution in [3.8, 4) is 0 Å². The second-order valence-corrected chi connectivity index (χ2v) is 2.78. The fourth-order valence-corrected chi connectivity index (χ4v) is 1.05. The number of alkyl halides is 1. The number of carbonyl (C=O) groups excluding carboxylic acids is 1. The van der Waals surface area contributed by atoms with Crippen molar-refractivity contribution in [2.75, 3.05) is 5.33 Å². The molecule has 0 spiro atoms. The van der Waals surface area contributed by atoms with Gasteiger partial charge in [0.05, 0.1) is 0 Å². The normalized spacial score (nSPS) is 13.4.